The largest absolute Gasteiger partial charge is 0.497 e. The number of hydrogen-bond acceptors (Lipinski definition) is 4. The van der Waals surface area contributed by atoms with Gasteiger partial charge in [-0.3, -0.25) is 4.79 Å². The number of carbonyl (C=O) groups excluding carboxylic acids is 1. The van der Waals surface area contributed by atoms with Gasteiger partial charge in [-0.05, 0) is 50.1 Å². The lowest BCUT2D eigenvalue weighted by molar-refractivity contribution is 0.0973. The average Bonchev–Trinajstić information content (AvgIpc) is 3.13. The number of para-hydroxylation sites is 1. The summed E-state index contributed by atoms with van der Waals surface area (Å²) < 4.78 is 34.7. The minimum atomic E-state index is -3.82. The summed E-state index contributed by atoms with van der Waals surface area (Å²) >= 11 is 0. The smallest absolute Gasteiger partial charge is 0.282 e. The summed E-state index contributed by atoms with van der Waals surface area (Å²) in [6.45, 7) is 5.52. The van der Waals surface area contributed by atoms with Crippen molar-refractivity contribution in [1.82, 2.24) is 9.29 Å². The second-order valence-corrected chi connectivity index (χ2v) is 10.8. The summed E-state index contributed by atoms with van der Waals surface area (Å²) in [5.74, 6) is 0.0454. The van der Waals surface area contributed by atoms with Crippen molar-refractivity contribution in [3.63, 3.8) is 0 Å². The van der Waals surface area contributed by atoms with Crippen LogP contribution in [0.25, 0.3) is 22.0 Å². The van der Waals surface area contributed by atoms with Crippen LogP contribution in [0.4, 0.5) is 0 Å². The second-order valence-electron chi connectivity index (χ2n) is 8.57. The molecule has 0 saturated carbocycles. The fourth-order valence-electron chi connectivity index (χ4n) is 4.04. The van der Waals surface area contributed by atoms with Crippen molar-refractivity contribution >= 4 is 26.8 Å². The molecular weight excluding hydrogens is 448 g/mol. The molecule has 0 aliphatic rings. The third-order valence-corrected chi connectivity index (χ3v) is 7.55. The summed E-state index contributed by atoms with van der Waals surface area (Å²) in [7, 11) is -2.23. The van der Waals surface area contributed by atoms with E-state index in [9.17, 15) is 13.2 Å². The number of carbonyl (C=O) groups is 1. The lowest BCUT2D eigenvalue weighted by Gasteiger charge is -2.15. The average molecular weight is 477 g/mol. The highest BCUT2D eigenvalue weighted by Crippen LogP contribution is 2.36. The van der Waals surface area contributed by atoms with Gasteiger partial charge in [-0.15, -0.1) is 0 Å². The molecule has 7 heteroatoms. The van der Waals surface area contributed by atoms with Gasteiger partial charge < -0.3 is 9.30 Å². The Bertz CT molecular complexity index is 1450. The van der Waals surface area contributed by atoms with Gasteiger partial charge in [0.25, 0.3) is 5.91 Å². The second kappa shape index (κ2) is 9.35. The molecule has 1 heterocycles. The summed E-state index contributed by atoms with van der Waals surface area (Å²) in [6.07, 6.45) is 0. The molecule has 176 valence electrons. The highest BCUT2D eigenvalue weighted by Gasteiger charge is 2.28. The summed E-state index contributed by atoms with van der Waals surface area (Å²) in [5.41, 5.74) is 4.76. The monoisotopic (exact) mass is 476 g/mol. The molecule has 0 spiro atoms. The molecule has 1 N–H and O–H groups in total. The van der Waals surface area contributed by atoms with E-state index in [1.165, 1.54) is 0 Å². The molecule has 3 aromatic carbocycles. The van der Waals surface area contributed by atoms with Crippen molar-refractivity contribution < 1.29 is 17.9 Å². The molecule has 1 amide bonds. The topological polar surface area (TPSA) is 77.4 Å². The predicted molar refractivity (Wildman–Crippen MR) is 136 cm³/mol. The molecule has 0 saturated heterocycles. The minimum absolute atomic E-state index is 0.303. The Labute approximate surface area is 200 Å². The van der Waals surface area contributed by atoms with Crippen molar-refractivity contribution in [1.29, 1.82) is 0 Å². The molecular formula is C27H28N2O4S. The summed E-state index contributed by atoms with van der Waals surface area (Å²) in [5, 5.41) is 0.128. The van der Waals surface area contributed by atoms with E-state index in [1.54, 1.807) is 21.0 Å². The van der Waals surface area contributed by atoms with Crippen LogP contribution >= 0.6 is 0 Å². The number of nitrogens with one attached hydrogen (secondary N) is 1. The molecule has 4 rings (SSSR count). The van der Waals surface area contributed by atoms with Crippen LogP contribution in [-0.4, -0.2) is 31.3 Å². The number of aryl methyl sites for hydroxylation is 1. The maximum absolute atomic E-state index is 13.6. The number of aromatic nitrogens is 1. The fraction of sp³-hybridized carbons (Fsp3) is 0.222. The van der Waals surface area contributed by atoms with E-state index in [2.05, 4.69) is 10.8 Å². The first kappa shape index (κ1) is 23.6. The van der Waals surface area contributed by atoms with E-state index < -0.39 is 21.2 Å². The first-order valence-electron chi connectivity index (χ1n) is 11.1. The van der Waals surface area contributed by atoms with Gasteiger partial charge in [-0.1, -0.05) is 60.2 Å². The van der Waals surface area contributed by atoms with Crippen LogP contribution in [0.15, 0.2) is 72.8 Å². The van der Waals surface area contributed by atoms with Gasteiger partial charge in [0.2, 0.25) is 10.0 Å². The van der Waals surface area contributed by atoms with Gasteiger partial charge in [0.15, 0.2) is 0 Å². The van der Waals surface area contributed by atoms with E-state index >= 15 is 0 Å². The van der Waals surface area contributed by atoms with Gasteiger partial charge in [0, 0.05) is 23.0 Å². The number of amides is 1. The van der Waals surface area contributed by atoms with Gasteiger partial charge in [-0.2, -0.15) is 0 Å². The van der Waals surface area contributed by atoms with E-state index in [0.29, 0.717) is 23.6 Å². The molecule has 0 bridgehead atoms. The number of fused-ring (bicyclic) bond motifs is 1. The lowest BCUT2D eigenvalue weighted by Crippen LogP contribution is -2.37. The molecule has 34 heavy (non-hydrogen) atoms. The normalized spacial score (nSPS) is 11.7. The molecule has 1 aromatic heterocycles. The first-order chi connectivity index (χ1) is 16.2. The number of nitrogens with zero attached hydrogens (tertiary/aromatic N) is 1. The number of rotatable bonds is 7. The highest BCUT2D eigenvalue weighted by molar-refractivity contribution is 7.90. The predicted octanol–water partition coefficient (Wildman–Crippen LogP) is 5.14. The van der Waals surface area contributed by atoms with Crippen molar-refractivity contribution in [3.05, 3.63) is 89.6 Å². The quantitative estimate of drug-likeness (QED) is 0.401. The molecule has 0 fully saturated rings. The van der Waals surface area contributed by atoms with Crippen LogP contribution in [0.5, 0.6) is 5.75 Å². The van der Waals surface area contributed by atoms with Gasteiger partial charge in [-0.25, -0.2) is 13.1 Å². The fourth-order valence-corrected chi connectivity index (χ4v) is 4.63. The van der Waals surface area contributed by atoms with Gasteiger partial charge in [0.05, 0.1) is 12.4 Å². The standard InChI is InChI=1S/C27H28N2O4S/c1-18(2)34(31,32)28-27(30)26-25(21-12-14-22(33-4)15-13-21)23-10-5-6-11-24(23)29(26)17-20-9-7-8-19(3)16-20/h5-16,18H,17H2,1-4H3,(H,28,30). The third kappa shape index (κ3) is 4.56. The number of benzene rings is 3. The van der Waals surface area contributed by atoms with Gasteiger partial charge in [0.1, 0.15) is 11.4 Å². The molecule has 4 aromatic rings. The minimum Gasteiger partial charge on any atom is -0.497 e. The third-order valence-electron chi connectivity index (χ3n) is 5.84. The van der Waals surface area contributed by atoms with Crippen molar-refractivity contribution in [3.8, 4) is 16.9 Å². The highest BCUT2D eigenvalue weighted by atomic mass is 32.2. The first-order valence-corrected chi connectivity index (χ1v) is 12.6. The molecule has 0 atom stereocenters. The maximum Gasteiger partial charge on any atom is 0.282 e. The van der Waals surface area contributed by atoms with E-state index in [1.807, 2.05) is 78.2 Å². The van der Waals surface area contributed by atoms with Crippen molar-refractivity contribution in [2.24, 2.45) is 0 Å². The Kier molecular flexibility index (Phi) is 6.48. The molecule has 6 nitrogen and oxygen atoms in total. The summed E-state index contributed by atoms with van der Waals surface area (Å²) in [4.78, 5) is 13.6. The molecule has 0 aliphatic heterocycles. The van der Waals surface area contributed by atoms with Crippen LogP contribution in [0.1, 0.15) is 35.5 Å². The number of sulfonamides is 1. The van der Waals surface area contributed by atoms with Crippen LogP contribution < -0.4 is 9.46 Å². The number of hydrogen-bond donors (Lipinski definition) is 1. The van der Waals surface area contributed by atoms with Crippen LogP contribution in [0.3, 0.4) is 0 Å². The Morgan fingerprint density at radius 1 is 1.00 bits per heavy atom. The SMILES string of the molecule is COc1ccc(-c2c(C(=O)NS(=O)(=O)C(C)C)n(Cc3cccc(C)c3)c3ccccc23)cc1. The lowest BCUT2D eigenvalue weighted by atomic mass is 10.0. The number of methoxy groups -OCH3 is 1. The molecule has 0 unspecified atom stereocenters. The Balaban J connectivity index is 1.98. The van der Waals surface area contributed by atoms with E-state index in [0.717, 1.165) is 27.6 Å². The van der Waals surface area contributed by atoms with Crippen LogP contribution in [0, 0.1) is 6.92 Å². The van der Waals surface area contributed by atoms with Gasteiger partial charge >= 0.3 is 0 Å². The Hall–Kier alpha value is -3.58. The van der Waals surface area contributed by atoms with Crippen molar-refractivity contribution in [2.75, 3.05) is 7.11 Å². The molecule has 0 aliphatic carbocycles. The zero-order chi connectivity index (χ0) is 24.5. The maximum atomic E-state index is 13.6. The zero-order valence-corrected chi connectivity index (χ0v) is 20.5. The number of ether oxygens (including phenoxy) is 1. The Morgan fingerprint density at radius 3 is 2.35 bits per heavy atom. The Morgan fingerprint density at radius 2 is 1.71 bits per heavy atom. The van der Waals surface area contributed by atoms with E-state index in [-0.39, 0.29) is 0 Å². The summed E-state index contributed by atoms with van der Waals surface area (Å²) in [6, 6.07) is 23.2. The van der Waals surface area contributed by atoms with Crippen molar-refractivity contribution in [2.45, 2.75) is 32.6 Å². The molecule has 0 radical (unpaired) electrons. The zero-order valence-electron chi connectivity index (χ0n) is 19.7. The van der Waals surface area contributed by atoms with E-state index in [4.69, 9.17) is 4.74 Å². The van der Waals surface area contributed by atoms with Crippen LogP contribution in [-0.2, 0) is 16.6 Å². The van der Waals surface area contributed by atoms with Crippen LogP contribution in [0.2, 0.25) is 0 Å².